The number of aromatic nitrogens is 3. The minimum Gasteiger partial charge on any atom is -0.375 e. The summed E-state index contributed by atoms with van der Waals surface area (Å²) in [6.45, 7) is 4.08. The second-order valence-electron chi connectivity index (χ2n) is 6.94. The molecule has 2 aromatic heterocycles. The van der Waals surface area contributed by atoms with Crippen LogP contribution in [-0.2, 0) is 24.1 Å². The maximum atomic E-state index is 5.38. The minimum atomic E-state index is 0.0786. The molecule has 1 saturated heterocycles. The van der Waals surface area contributed by atoms with Crippen molar-refractivity contribution in [3.05, 3.63) is 33.3 Å². The van der Waals surface area contributed by atoms with Crippen LogP contribution in [0.5, 0.6) is 0 Å². The predicted octanol–water partition coefficient (Wildman–Crippen LogP) is 3.79. The molecule has 130 valence electrons. The van der Waals surface area contributed by atoms with Crippen LogP contribution >= 0.6 is 11.3 Å². The Hall–Kier alpha value is -1.24. The van der Waals surface area contributed by atoms with E-state index in [0.717, 1.165) is 30.2 Å². The van der Waals surface area contributed by atoms with Crippen LogP contribution < -0.4 is 0 Å². The van der Waals surface area contributed by atoms with Gasteiger partial charge in [0.1, 0.15) is 16.9 Å². The zero-order chi connectivity index (χ0) is 16.5. The van der Waals surface area contributed by atoms with E-state index in [2.05, 4.69) is 22.2 Å². The molecule has 0 spiro atoms. The molecule has 0 amide bonds. The van der Waals surface area contributed by atoms with Crippen molar-refractivity contribution < 1.29 is 4.74 Å². The molecule has 0 bridgehead atoms. The van der Waals surface area contributed by atoms with Crippen molar-refractivity contribution in [2.45, 2.75) is 64.1 Å². The molecule has 1 aliphatic heterocycles. The van der Waals surface area contributed by atoms with E-state index in [1.165, 1.54) is 49.3 Å². The lowest BCUT2D eigenvalue weighted by Crippen LogP contribution is -2.23. The first kappa shape index (κ1) is 16.2. The Balaban J connectivity index is 1.48. The number of ether oxygens (including phenoxy) is 1. The quantitative estimate of drug-likeness (QED) is 0.895. The number of aromatic amines is 1. The highest BCUT2D eigenvalue weighted by Gasteiger charge is 2.30. The molecule has 1 fully saturated rings. The Morgan fingerprint density at radius 1 is 1.33 bits per heavy atom. The van der Waals surface area contributed by atoms with Gasteiger partial charge in [-0.25, -0.2) is 9.97 Å². The molecule has 6 heteroatoms. The molecule has 0 unspecified atom stereocenters. The predicted molar refractivity (Wildman–Crippen MR) is 95.2 cm³/mol. The minimum absolute atomic E-state index is 0.0786. The number of H-pyrrole nitrogens is 1. The number of methoxy groups -OCH3 is 1. The maximum Gasteiger partial charge on any atom is 0.124 e. The van der Waals surface area contributed by atoms with Crippen molar-refractivity contribution in [2.75, 3.05) is 13.7 Å². The molecule has 0 radical (unpaired) electrons. The number of nitrogens with one attached hydrogen (secondary N) is 1. The van der Waals surface area contributed by atoms with Crippen molar-refractivity contribution in [1.29, 1.82) is 0 Å². The number of fused-ring (bicyclic) bond motifs is 1. The molecule has 24 heavy (non-hydrogen) atoms. The van der Waals surface area contributed by atoms with Gasteiger partial charge >= 0.3 is 0 Å². The summed E-state index contributed by atoms with van der Waals surface area (Å²) < 4.78 is 5.38. The Morgan fingerprint density at radius 3 is 3.04 bits per heavy atom. The third-order valence-corrected chi connectivity index (χ3v) is 6.34. The second kappa shape index (κ2) is 6.94. The summed E-state index contributed by atoms with van der Waals surface area (Å²) in [5.41, 5.74) is 3.85. The van der Waals surface area contributed by atoms with Crippen LogP contribution in [0.15, 0.2) is 5.38 Å². The van der Waals surface area contributed by atoms with Crippen LogP contribution in [0.1, 0.15) is 72.7 Å². The van der Waals surface area contributed by atoms with Gasteiger partial charge in [-0.15, -0.1) is 11.3 Å². The van der Waals surface area contributed by atoms with Crippen LogP contribution in [-0.4, -0.2) is 33.5 Å². The molecule has 2 aromatic rings. The Kier molecular flexibility index (Phi) is 4.70. The van der Waals surface area contributed by atoms with Gasteiger partial charge in [-0.05, 0) is 52.0 Å². The summed E-state index contributed by atoms with van der Waals surface area (Å²) in [5.74, 6) is 1.18. The summed E-state index contributed by atoms with van der Waals surface area (Å²) in [5, 5.41) is 3.24. The standard InChI is InChI=1S/C18H26N4OS/c1-12(23-2)18-19-13(11-24-18)10-22-9-5-8-16(22)17-20-14-6-3-4-7-15(14)21-17/h11-12,16H,3-10H2,1-2H3,(H,20,21)/t12-,16-/m0/s1. The van der Waals surface area contributed by atoms with Gasteiger partial charge in [-0.2, -0.15) is 0 Å². The third kappa shape index (κ3) is 3.15. The number of imidazole rings is 1. The van der Waals surface area contributed by atoms with Gasteiger partial charge in [0, 0.05) is 24.7 Å². The summed E-state index contributed by atoms with van der Waals surface area (Å²) in [7, 11) is 1.74. The number of hydrogen-bond donors (Lipinski definition) is 1. The van der Waals surface area contributed by atoms with Gasteiger partial charge in [0.25, 0.3) is 0 Å². The van der Waals surface area contributed by atoms with Crippen molar-refractivity contribution in [2.24, 2.45) is 0 Å². The summed E-state index contributed by atoms with van der Waals surface area (Å²) in [6.07, 6.45) is 7.39. The van der Waals surface area contributed by atoms with Gasteiger partial charge in [-0.3, -0.25) is 4.90 Å². The number of rotatable bonds is 5. The van der Waals surface area contributed by atoms with E-state index in [1.807, 2.05) is 0 Å². The topological polar surface area (TPSA) is 54.0 Å². The van der Waals surface area contributed by atoms with Crippen LogP contribution in [0.4, 0.5) is 0 Å². The molecule has 3 heterocycles. The van der Waals surface area contributed by atoms with E-state index in [9.17, 15) is 0 Å². The highest BCUT2D eigenvalue weighted by atomic mass is 32.1. The SMILES string of the molecule is CO[C@@H](C)c1nc(CN2CCC[C@H]2c2nc3c([nH]2)CCCC3)cs1. The van der Waals surface area contributed by atoms with Crippen molar-refractivity contribution >= 4 is 11.3 Å². The zero-order valence-electron chi connectivity index (χ0n) is 14.5. The average molecular weight is 347 g/mol. The molecule has 5 nitrogen and oxygen atoms in total. The number of aryl methyl sites for hydroxylation is 2. The fraction of sp³-hybridized carbons (Fsp3) is 0.667. The number of nitrogens with zero attached hydrogens (tertiary/aromatic N) is 3. The van der Waals surface area contributed by atoms with E-state index in [0.29, 0.717) is 6.04 Å². The molecule has 4 rings (SSSR count). The average Bonchev–Trinajstić information content (AvgIpc) is 3.33. The van der Waals surface area contributed by atoms with Crippen molar-refractivity contribution in [1.82, 2.24) is 19.9 Å². The molecule has 0 aromatic carbocycles. The largest absolute Gasteiger partial charge is 0.375 e. The van der Waals surface area contributed by atoms with Gasteiger partial charge in [0.2, 0.25) is 0 Å². The molecule has 1 aliphatic carbocycles. The zero-order valence-corrected chi connectivity index (χ0v) is 15.4. The number of hydrogen-bond acceptors (Lipinski definition) is 5. The van der Waals surface area contributed by atoms with Crippen molar-refractivity contribution in [3.8, 4) is 0 Å². The molecule has 0 saturated carbocycles. The van der Waals surface area contributed by atoms with Crippen LogP contribution in [0, 0.1) is 0 Å². The fourth-order valence-corrected chi connectivity index (χ4v) is 4.69. The van der Waals surface area contributed by atoms with E-state index in [1.54, 1.807) is 18.4 Å². The first-order valence-electron chi connectivity index (χ1n) is 9.03. The number of thiazole rings is 1. The highest BCUT2D eigenvalue weighted by molar-refractivity contribution is 7.09. The lowest BCUT2D eigenvalue weighted by molar-refractivity contribution is 0.119. The Bertz CT molecular complexity index is 672. The summed E-state index contributed by atoms with van der Waals surface area (Å²) in [6, 6.07) is 0.417. The first-order chi connectivity index (χ1) is 11.7. The lowest BCUT2D eigenvalue weighted by Gasteiger charge is -2.21. The Labute approximate surface area is 147 Å². The van der Waals surface area contributed by atoms with Crippen LogP contribution in [0.25, 0.3) is 0 Å². The van der Waals surface area contributed by atoms with E-state index < -0.39 is 0 Å². The van der Waals surface area contributed by atoms with Gasteiger partial charge in [0.05, 0.1) is 17.4 Å². The highest BCUT2D eigenvalue weighted by Crippen LogP contribution is 2.33. The van der Waals surface area contributed by atoms with Gasteiger partial charge < -0.3 is 9.72 Å². The van der Waals surface area contributed by atoms with Gasteiger partial charge in [-0.1, -0.05) is 0 Å². The number of likely N-dealkylation sites (tertiary alicyclic amines) is 1. The van der Waals surface area contributed by atoms with Crippen LogP contribution in [0.2, 0.25) is 0 Å². The second-order valence-corrected chi connectivity index (χ2v) is 7.83. The summed E-state index contributed by atoms with van der Waals surface area (Å²) >= 11 is 1.70. The molecule has 1 N–H and O–H groups in total. The fourth-order valence-electron chi connectivity index (χ4n) is 3.85. The summed E-state index contributed by atoms with van der Waals surface area (Å²) in [4.78, 5) is 15.9. The van der Waals surface area contributed by atoms with Crippen molar-refractivity contribution in [3.63, 3.8) is 0 Å². The van der Waals surface area contributed by atoms with Crippen LogP contribution in [0.3, 0.4) is 0 Å². The van der Waals surface area contributed by atoms with Gasteiger partial charge in [0.15, 0.2) is 0 Å². The monoisotopic (exact) mass is 346 g/mol. The maximum absolute atomic E-state index is 5.38. The first-order valence-corrected chi connectivity index (χ1v) is 9.91. The normalized spacial score (nSPS) is 22.7. The lowest BCUT2D eigenvalue weighted by atomic mass is 10.0. The molecule has 2 aliphatic rings. The van der Waals surface area contributed by atoms with E-state index >= 15 is 0 Å². The van der Waals surface area contributed by atoms with E-state index in [4.69, 9.17) is 14.7 Å². The Morgan fingerprint density at radius 2 is 2.21 bits per heavy atom. The molecular weight excluding hydrogens is 320 g/mol. The third-order valence-electron chi connectivity index (χ3n) is 5.29. The van der Waals surface area contributed by atoms with E-state index in [-0.39, 0.29) is 6.10 Å². The smallest absolute Gasteiger partial charge is 0.124 e. The molecular formula is C18H26N4OS. The molecule has 2 atom stereocenters.